The van der Waals surface area contributed by atoms with Crippen molar-refractivity contribution in [3.05, 3.63) is 65.5 Å². The van der Waals surface area contributed by atoms with Crippen LogP contribution in [0.2, 0.25) is 0 Å². The highest BCUT2D eigenvalue weighted by Gasteiger charge is 2.30. The lowest BCUT2D eigenvalue weighted by atomic mass is 10.0. The number of nitrogens with zero attached hydrogens (tertiary/aromatic N) is 3. The van der Waals surface area contributed by atoms with Gasteiger partial charge in [-0.1, -0.05) is 26.0 Å². The van der Waals surface area contributed by atoms with E-state index >= 15 is 0 Å². The number of carbonyl (C=O) groups excluding carboxylic acids is 1. The summed E-state index contributed by atoms with van der Waals surface area (Å²) in [5.74, 6) is -0.799. The first-order valence-corrected chi connectivity index (χ1v) is 9.33. The second-order valence-corrected chi connectivity index (χ2v) is 7.37. The molecule has 2 aromatic rings. The third-order valence-corrected chi connectivity index (χ3v) is 5.11. The van der Waals surface area contributed by atoms with Gasteiger partial charge < -0.3 is 4.90 Å². The van der Waals surface area contributed by atoms with E-state index in [1.165, 1.54) is 24.4 Å². The predicted octanol–water partition coefficient (Wildman–Crippen LogP) is 3.73. The van der Waals surface area contributed by atoms with Crippen molar-refractivity contribution in [3.63, 3.8) is 0 Å². The van der Waals surface area contributed by atoms with Crippen LogP contribution in [0.4, 0.5) is 8.78 Å². The maximum absolute atomic E-state index is 14.0. The maximum Gasteiger partial charge on any atom is 0.256 e. The number of aromatic nitrogens is 1. The van der Waals surface area contributed by atoms with Crippen molar-refractivity contribution in [1.29, 1.82) is 0 Å². The smallest absolute Gasteiger partial charge is 0.256 e. The fourth-order valence-electron chi connectivity index (χ4n) is 3.62. The van der Waals surface area contributed by atoms with Crippen molar-refractivity contribution in [2.75, 3.05) is 19.6 Å². The number of benzene rings is 1. The molecule has 1 aliphatic rings. The molecule has 0 N–H and O–H groups in total. The fourth-order valence-corrected chi connectivity index (χ4v) is 3.62. The first-order chi connectivity index (χ1) is 13.0. The Balaban J connectivity index is 1.77. The van der Waals surface area contributed by atoms with E-state index in [2.05, 4.69) is 23.7 Å². The van der Waals surface area contributed by atoms with Gasteiger partial charge in [0, 0.05) is 38.4 Å². The summed E-state index contributed by atoms with van der Waals surface area (Å²) in [7, 11) is 0. The van der Waals surface area contributed by atoms with Gasteiger partial charge in [-0.05, 0) is 36.1 Å². The molecule has 0 spiro atoms. The number of pyridine rings is 1. The fraction of sp³-hybridized carbons (Fsp3) is 0.429. The minimum absolute atomic E-state index is 0.0690. The largest absolute Gasteiger partial charge is 0.337 e. The van der Waals surface area contributed by atoms with Gasteiger partial charge in [-0.2, -0.15) is 0 Å². The van der Waals surface area contributed by atoms with Gasteiger partial charge in [0.2, 0.25) is 0 Å². The van der Waals surface area contributed by atoms with E-state index in [9.17, 15) is 13.6 Å². The average Bonchev–Trinajstić information content (AvgIpc) is 2.86. The van der Waals surface area contributed by atoms with Crippen LogP contribution in [-0.4, -0.2) is 46.4 Å². The number of hydrogen-bond donors (Lipinski definition) is 0. The quantitative estimate of drug-likeness (QED) is 0.819. The van der Waals surface area contributed by atoms with Crippen LogP contribution in [0.5, 0.6) is 0 Å². The van der Waals surface area contributed by atoms with E-state index in [-0.39, 0.29) is 23.3 Å². The Bertz CT molecular complexity index is 779. The van der Waals surface area contributed by atoms with E-state index in [0.29, 0.717) is 25.6 Å². The van der Waals surface area contributed by atoms with Crippen LogP contribution >= 0.6 is 0 Å². The van der Waals surface area contributed by atoms with Crippen molar-refractivity contribution in [2.45, 2.75) is 32.9 Å². The lowest BCUT2D eigenvalue weighted by Gasteiger charge is -2.34. The summed E-state index contributed by atoms with van der Waals surface area (Å²) in [4.78, 5) is 20.6. The molecule has 1 atom stereocenters. The maximum atomic E-state index is 14.0. The first-order valence-electron chi connectivity index (χ1n) is 9.33. The Labute approximate surface area is 158 Å². The molecule has 1 amide bonds. The topological polar surface area (TPSA) is 36.4 Å². The molecule has 4 nitrogen and oxygen atoms in total. The van der Waals surface area contributed by atoms with Crippen LogP contribution in [0.25, 0.3) is 0 Å². The van der Waals surface area contributed by atoms with Gasteiger partial charge >= 0.3 is 0 Å². The molecule has 0 bridgehead atoms. The van der Waals surface area contributed by atoms with Gasteiger partial charge in [0.25, 0.3) is 5.91 Å². The Morgan fingerprint density at radius 1 is 1.19 bits per heavy atom. The van der Waals surface area contributed by atoms with Gasteiger partial charge in [0.1, 0.15) is 5.82 Å². The Morgan fingerprint density at radius 2 is 1.93 bits per heavy atom. The number of rotatable bonds is 4. The number of hydrogen-bond acceptors (Lipinski definition) is 3. The molecule has 2 heterocycles. The van der Waals surface area contributed by atoms with Crippen LogP contribution in [-0.2, 0) is 6.54 Å². The molecule has 1 fully saturated rings. The van der Waals surface area contributed by atoms with Crippen molar-refractivity contribution in [1.82, 2.24) is 14.8 Å². The second kappa shape index (κ2) is 8.57. The van der Waals surface area contributed by atoms with Crippen LogP contribution in [0, 0.1) is 17.6 Å². The molecule has 0 saturated carbocycles. The summed E-state index contributed by atoms with van der Waals surface area (Å²) >= 11 is 0. The molecule has 0 aliphatic carbocycles. The molecule has 1 aromatic carbocycles. The highest BCUT2D eigenvalue weighted by Crippen LogP contribution is 2.22. The van der Waals surface area contributed by atoms with E-state index in [0.717, 1.165) is 24.7 Å². The predicted molar refractivity (Wildman–Crippen MR) is 100 cm³/mol. The van der Waals surface area contributed by atoms with E-state index in [1.54, 1.807) is 17.0 Å². The molecule has 144 valence electrons. The lowest BCUT2D eigenvalue weighted by molar-refractivity contribution is 0.0697. The Hall–Kier alpha value is -2.34. The van der Waals surface area contributed by atoms with Crippen molar-refractivity contribution in [2.24, 2.45) is 5.92 Å². The van der Waals surface area contributed by atoms with Crippen molar-refractivity contribution in [3.8, 4) is 0 Å². The summed E-state index contributed by atoms with van der Waals surface area (Å²) in [6.07, 6.45) is 3.32. The number of amides is 1. The molecule has 0 unspecified atom stereocenters. The van der Waals surface area contributed by atoms with Gasteiger partial charge in [-0.15, -0.1) is 0 Å². The summed E-state index contributed by atoms with van der Waals surface area (Å²) in [6.45, 7) is 6.92. The minimum atomic E-state index is -0.587. The molecule has 6 heteroatoms. The molecule has 27 heavy (non-hydrogen) atoms. The second-order valence-electron chi connectivity index (χ2n) is 7.37. The van der Waals surface area contributed by atoms with Crippen LogP contribution in [0.3, 0.4) is 0 Å². The first kappa shape index (κ1) is 19.4. The summed E-state index contributed by atoms with van der Waals surface area (Å²) in [5, 5.41) is 0. The third-order valence-electron chi connectivity index (χ3n) is 5.11. The Morgan fingerprint density at radius 3 is 2.59 bits per heavy atom. The van der Waals surface area contributed by atoms with Gasteiger partial charge in [0.05, 0.1) is 11.8 Å². The molecule has 1 saturated heterocycles. The normalized spacial score (nSPS) is 18.6. The zero-order valence-electron chi connectivity index (χ0n) is 15.7. The van der Waals surface area contributed by atoms with E-state index < -0.39 is 5.82 Å². The number of halogens is 2. The zero-order valence-corrected chi connectivity index (χ0v) is 15.7. The van der Waals surface area contributed by atoms with Gasteiger partial charge in [0.15, 0.2) is 5.82 Å². The van der Waals surface area contributed by atoms with Crippen LogP contribution in [0.1, 0.15) is 36.2 Å². The third kappa shape index (κ3) is 4.69. The molecular weight excluding hydrogens is 348 g/mol. The molecule has 3 rings (SSSR count). The summed E-state index contributed by atoms with van der Waals surface area (Å²) in [6, 6.07) is 8.12. The zero-order chi connectivity index (χ0) is 19.4. The van der Waals surface area contributed by atoms with Gasteiger partial charge in [-0.3, -0.25) is 14.7 Å². The Kier molecular flexibility index (Phi) is 6.16. The highest BCUT2D eigenvalue weighted by molar-refractivity contribution is 5.94. The monoisotopic (exact) mass is 373 g/mol. The minimum Gasteiger partial charge on any atom is -0.337 e. The van der Waals surface area contributed by atoms with E-state index in [1.807, 2.05) is 0 Å². The summed E-state index contributed by atoms with van der Waals surface area (Å²) < 4.78 is 27.2. The SMILES string of the molecule is CC(C)[C@H]1CN(C(=O)c2ccncc2F)CCCN1Cc1ccc(F)cc1. The molecule has 1 aromatic heterocycles. The molecular formula is C21H25F2N3O. The van der Waals surface area contributed by atoms with Crippen molar-refractivity contribution >= 4 is 5.91 Å². The van der Waals surface area contributed by atoms with Crippen LogP contribution < -0.4 is 0 Å². The number of carbonyl (C=O) groups is 1. The molecule has 0 radical (unpaired) electrons. The van der Waals surface area contributed by atoms with Crippen molar-refractivity contribution < 1.29 is 13.6 Å². The lowest BCUT2D eigenvalue weighted by Crippen LogP contribution is -2.45. The average molecular weight is 373 g/mol. The van der Waals surface area contributed by atoms with E-state index in [4.69, 9.17) is 0 Å². The summed E-state index contributed by atoms with van der Waals surface area (Å²) in [5.41, 5.74) is 1.11. The van der Waals surface area contributed by atoms with Crippen LogP contribution in [0.15, 0.2) is 42.7 Å². The standard InChI is InChI=1S/C21H25F2N3O/c1-15(2)20-14-26(21(27)18-8-9-24-12-19(18)23)11-3-10-25(20)13-16-4-6-17(22)7-5-16/h4-9,12,15,20H,3,10-11,13-14H2,1-2H3/t20-/m1/s1. The van der Waals surface area contributed by atoms with Gasteiger partial charge in [-0.25, -0.2) is 8.78 Å². The highest BCUT2D eigenvalue weighted by atomic mass is 19.1. The molecule has 1 aliphatic heterocycles.